The Morgan fingerprint density at radius 3 is 2.17 bits per heavy atom. The number of rotatable bonds is 10. The minimum Gasteiger partial charge on any atom is -0.463 e. The molecule has 0 bridgehead atoms. The number of nitrogens with zero attached hydrogens (tertiary/aromatic N) is 1. The molecule has 2 aliphatic rings. The van der Waals surface area contributed by atoms with Gasteiger partial charge < -0.3 is 34.5 Å². The van der Waals surface area contributed by atoms with E-state index in [0.717, 1.165) is 12.1 Å². The Balaban J connectivity index is 0.00000108. The molecule has 11 nitrogen and oxygen atoms in total. The van der Waals surface area contributed by atoms with E-state index in [0.29, 0.717) is 31.7 Å². The highest BCUT2D eigenvalue weighted by Gasteiger charge is 2.51. The zero-order chi connectivity index (χ0) is 31.1. The molecule has 1 aromatic rings. The Bertz CT molecular complexity index is 975. The zero-order valence-corrected chi connectivity index (χ0v) is 25.1. The number of carbonyl (C=O) groups is 3. The maximum atomic E-state index is 13.1. The monoisotopic (exact) mass is 578 g/mol. The fourth-order valence-electron chi connectivity index (χ4n) is 4.08. The fourth-order valence-corrected chi connectivity index (χ4v) is 4.08. The van der Waals surface area contributed by atoms with Gasteiger partial charge in [0.2, 0.25) is 0 Å². The molecule has 2 fully saturated rings. The number of ether oxygens (including phenoxy) is 4. The van der Waals surface area contributed by atoms with Crippen LogP contribution in [-0.2, 0) is 35.0 Å². The van der Waals surface area contributed by atoms with E-state index in [1.54, 1.807) is 43.0 Å². The first-order valence-electron chi connectivity index (χ1n) is 14.1. The largest absolute Gasteiger partial charge is 0.463 e. The Morgan fingerprint density at radius 1 is 1.12 bits per heavy atom. The quantitative estimate of drug-likeness (QED) is 0.165. The highest BCUT2D eigenvalue weighted by molar-refractivity contribution is 6.04. The number of terminal acetylenes is 1. The third kappa shape index (κ3) is 11.3. The summed E-state index contributed by atoms with van der Waals surface area (Å²) in [5.74, 6) is -0.655. The Labute approximate surface area is 243 Å². The molecule has 11 heteroatoms. The van der Waals surface area contributed by atoms with Gasteiger partial charge in [-0.15, -0.1) is 12.3 Å². The third-order valence-electron chi connectivity index (χ3n) is 5.91. The van der Waals surface area contributed by atoms with E-state index in [1.807, 2.05) is 13.8 Å². The molecule has 3 rings (SSSR count). The van der Waals surface area contributed by atoms with Crippen LogP contribution in [0.2, 0.25) is 0 Å². The molecule has 0 saturated carbocycles. The lowest BCUT2D eigenvalue weighted by molar-refractivity contribution is -0.194. The number of amides is 2. The molecule has 41 heavy (non-hydrogen) atoms. The maximum Gasteiger partial charge on any atom is 0.350 e. The lowest BCUT2D eigenvalue weighted by Gasteiger charge is -2.31. The molecule has 2 heterocycles. The number of benzene rings is 1. The van der Waals surface area contributed by atoms with Crippen LogP contribution in [0.4, 0.5) is 10.5 Å². The van der Waals surface area contributed by atoms with Gasteiger partial charge in [-0.05, 0) is 58.2 Å². The van der Waals surface area contributed by atoms with E-state index >= 15 is 0 Å². The molecule has 2 aliphatic heterocycles. The molecule has 1 unspecified atom stereocenters. The van der Waals surface area contributed by atoms with Crippen molar-refractivity contribution in [3.05, 3.63) is 29.8 Å². The average Bonchev–Trinajstić information content (AvgIpc) is 3.40. The van der Waals surface area contributed by atoms with Gasteiger partial charge in [-0.1, -0.05) is 26.0 Å². The highest BCUT2D eigenvalue weighted by Crippen LogP contribution is 2.28. The molecule has 2 amide bonds. The second kappa shape index (κ2) is 17.6. The molecular formula is C30H46N2O9. The zero-order valence-electron chi connectivity index (χ0n) is 25.1. The van der Waals surface area contributed by atoms with Gasteiger partial charge in [0.05, 0.1) is 31.8 Å². The Hall–Kier alpha value is -3.17. The van der Waals surface area contributed by atoms with Crippen molar-refractivity contribution in [2.45, 2.75) is 78.3 Å². The lowest BCUT2D eigenvalue weighted by Crippen LogP contribution is -2.54. The van der Waals surface area contributed by atoms with Gasteiger partial charge in [0.15, 0.2) is 5.79 Å². The van der Waals surface area contributed by atoms with Crippen molar-refractivity contribution in [1.82, 2.24) is 5.32 Å². The van der Waals surface area contributed by atoms with E-state index in [4.69, 9.17) is 35.6 Å². The summed E-state index contributed by atoms with van der Waals surface area (Å²) in [6.07, 6.45) is 6.57. The number of hydrogen-bond acceptors (Lipinski definition) is 9. The normalized spacial score (nSPS) is 18.5. The van der Waals surface area contributed by atoms with Crippen LogP contribution in [0.3, 0.4) is 0 Å². The van der Waals surface area contributed by atoms with Gasteiger partial charge in [0, 0.05) is 31.8 Å². The molecule has 0 spiro atoms. The highest BCUT2D eigenvalue weighted by atomic mass is 16.6. The summed E-state index contributed by atoms with van der Waals surface area (Å²) >= 11 is 0. The van der Waals surface area contributed by atoms with E-state index in [-0.39, 0.29) is 38.2 Å². The van der Waals surface area contributed by atoms with Crippen molar-refractivity contribution in [2.24, 2.45) is 5.92 Å². The number of aliphatic hydroxyl groups is 2. The number of esters is 2. The number of anilines is 1. The van der Waals surface area contributed by atoms with Crippen LogP contribution in [0.5, 0.6) is 0 Å². The van der Waals surface area contributed by atoms with Gasteiger partial charge in [-0.25, -0.2) is 14.4 Å². The van der Waals surface area contributed by atoms with E-state index in [9.17, 15) is 14.4 Å². The van der Waals surface area contributed by atoms with Crippen LogP contribution in [0.1, 0.15) is 59.9 Å². The molecule has 2 saturated heterocycles. The second-order valence-corrected chi connectivity index (χ2v) is 9.62. The molecule has 0 aromatic heterocycles. The molecule has 0 aliphatic carbocycles. The van der Waals surface area contributed by atoms with Crippen LogP contribution < -0.4 is 10.2 Å². The van der Waals surface area contributed by atoms with E-state index in [1.165, 1.54) is 13.8 Å². The molecule has 2 atom stereocenters. The van der Waals surface area contributed by atoms with Gasteiger partial charge in [0.1, 0.15) is 0 Å². The SMILES string of the molecule is C#C[C@@H]1CCOC1COC(Cc1ccc(N2CCCNC2=O)cc1)(C(=O)OCC)C(=O)OCC.CC.CC(C)(O)O. The summed E-state index contributed by atoms with van der Waals surface area (Å²) in [7, 11) is 0. The fraction of sp³-hybridized carbons (Fsp3) is 0.633. The number of hydrogen-bond donors (Lipinski definition) is 3. The van der Waals surface area contributed by atoms with Crippen LogP contribution >= 0.6 is 0 Å². The summed E-state index contributed by atoms with van der Waals surface area (Å²) < 4.78 is 22.1. The van der Waals surface area contributed by atoms with E-state index < -0.39 is 29.4 Å². The van der Waals surface area contributed by atoms with Crippen molar-refractivity contribution < 1.29 is 43.5 Å². The number of nitrogens with one attached hydrogen (secondary N) is 1. The van der Waals surface area contributed by atoms with Crippen molar-refractivity contribution in [2.75, 3.05) is 44.4 Å². The molecule has 3 N–H and O–H groups in total. The average molecular weight is 579 g/mol. The van der Waals surface area contributed by atoms with Crippen LogP contribution in [0, 0.1) is 18.3 Å². The standard InChI is InChI=1S/C25H32N2O7.C3H8O2.C2H6/c1-4-19-12-15-33-21(19)17-34-25(22(28)31-5-2,23(29)32-6-3)16-18-8-10-20(11-9-18)27-14-7-13-26-24(27)30;1-3(2,4)5;1-2/h1,8-11,19,21H,5-7,12-17H2,2-3H3,(H,26,30);4-5H,1-2H3;1-2H3/t19-,21?;;/m1../s1. The second-order valence-electron chi connectivity index (χ2n) is 9.62. The van der Waals surface area contributed by atoms with Gasteiger partial charge in [0.25, 0.3) is 5.60 Å². The minimum atomic E-state index is -2.01. The maximum absolute atomic E-state index is 13.1. The van der Waals surface area contributed by atoms with Crippen molar-refractivity contribution in [3.63, 3.8) is 0 Å². The number of carbonyl (C=O) groups excluding carboxylic acids is 3. The first-order chi connectivity index (χ1) is 19.4. The molecule has 1 aromatic carbocycles. The van der Waals surface area contributed by atoms with Crippen LogP contribution in [-0.4, -0.2) is 85.2 Å². The van der Waals surface area contributed by atoms with Crippen molar-refractivity contribution in [1.29, 1.82) is 0 Å². The molecular weight excluding hydrogens is 532 g/mol. The third-order valence-corrected chi connectivity index (χ3v) is 5.91. The minimum absolute atomic E-state index is 0.0570. The number of urea groups is 1. The van der Waals surface area contributed by atoms with Crippen LogP contribution in [0.15, 0.2) is 24.3 Å². The smallest absolute Gasteiger partial charge is 0.350 e. The Kier molecular flexibility index (Phi) is 15.4. The van der Waals surface area contributed by atoms with Gasteiger partial charge in [-0.3, -0.25) is 4.90 Å². The molecule has 230 valence electrons. The van der Waals surface area contributed by atoms with Crippen molar-refractivity contribution >= 4 is 23.7 Å². The summed E-state index contributed by atoms with van der Waals surface area (Å²) in [6.45, 7) is 11.7. The van der Waals surface area contributed by atoms with Gasteiger partial charge >= 0.3 is 18.0 Å². The summed E-state index contributed by atoms with van der Waals surface area (Å²) in [5, 5.41) is 19.0. The van der Waals surface area contributed by atoms with Gasteiger partial charge in [-0.2, -0.15) is 0 Å². The first kappa shape index (κ1) is 35.9. The summed E-state index contributed by atoms with van der Waals surface area (Å²) in [4.78, 5) is 40.0. The lowest BCUT2D eigenvalue weighted by atomic mass is 9.93. The predicted octanol–water partition coefficient (Wildman–Crippen LogP) is 2.80. The Morgan fingerprint density at radius 2 is 1.68 bits per heavy atom. The predicted molar refractivity (Wildman–Crippen MR) is 154 cm³/mol. The topological polar surface area (TPSA) is 144 Å². The molecule has 0 radical (unpaired) electrons. The van der Waals surface area contributed by atoms with E-state index in [2.05, 4.69) is 11.2 Å². The van der Waals surface area contributed by atoms with Crippen molar-refractivity contribution in [3.8, 4) is 12.3 Å². The summed E-state index contributed by atoms with van der Waals surface area (Å²) in [6, 6.07) is 6.90. The summed E-state index contributed by atoms with van der Waals surface area (Å²) in [5.41, 5.74) is -0.653. The first-order valence-corrected chi connectivity index (χ1v) is 14.1. The van der Waals surface area contributed by atoms with Crippen LogP contribution in [0.25, 0.3) is 0 Å².